The van der Waals surface area contributed by atoms with Gasteiger partial charge in [-0.2, -0.15) is 13.2 Å². The maximum atomic E-state index is 12.8. The summed E-state index contributed by atoms with van der Waals surface area (Å²) in [4.78, 5) is 12.8. The van der Waals surface area contributed by atoms with Gasteiger partial charge in [0.15, 0.2) is 0 Å². The number of halogens is 3. The van der Waals surface area contributed by atoms with Crippen molar-refractivity contribution >= 4 is 21.6 Å². The number of hydrogen-bond acceptors (Lipinski definition) is 4. The molecular weight excluding hydrogens is 445 g/mol. The molecule has 0 aliphatic heterocycles. The van der Waals surface area contributed by atoms with Crippen LogP contribution in [0, 0.1) is 5.92 Å². The van der Waals surface area contributed by atoms with Gasteiger partial charge in [-0.05, 0) is 48.7 Å². The molecule has 0 spiro atoms. The topological polar surface area (TPSA) is 95.5 Å². The highest BCUT2D eigenvalue weighted by Gasteiger charge is 2.55. The molecular formula is C22H25F3N2O4S. The molecule has 174 valence electrons. The third kappa shape index (κ3) is 5.24. The number of benzene rings is 2. The minimum Gasteiger partial charge on any atom is -0.392 e. The first kappa shape index (κ1) is 24.1. The van der Waals surface area contributed by atoms with Crippen LogP contribution in [0.15, 0.2) is 42.5 Å². The molecule has 32 heavy (non-hydrogen) atoms. The van der Waals surface area contributed by atoms with Crippen LogP contribution in [0.25, 0.3) is 0 Å². The van der Waals surface area contributed by atoms with Crippen molar-refractivity contribution in [1.82, 2.24) is 5.32 Å². The van der Waals surface area contributed by atoms with E-state index >= 15 is 0 Å². The van der Waals surface area contributed by atoms with Gasteiger partial charge in [0.25, 0.3) is 0 Å². The summed E-state index contributed by atoms with van der Waals surface area (Å²) in [5, 5.41) is 12.5. The molecule has 1 aliphatic rings. The van der Waals surface area contributed by atoms with Crippen molar-refractivity contribution in [2.45, 2.75) is 44.5 Å². The molecule has 1 fully saturated rings. The van der Waals surface area contributed by atoms with E-state index in [2.05, 4.69) is 10.0 Å². The van der Waals surface area contributed by atoms with Crippen LogP contribution < -0.4 is 10.0 Å². The third-order valence-corrected chi connectivity index (χ3v) is 6.47. The summed E-state index contributed by atoms with van der Waals surface area (Å²) in [5.74, 6) is -0.589. The molecule has 10 heteroatoms. The number of amides is 1. The van der Waals surface area contributed by atoms with Crippen LogP contribution in [0.5, 0.6) is 0 Å². The molecule has 0 radical (unpaired) electrons. The highest BCUT2D eigenvalue weighted by Crippen LogP contribution is 2.54. The minimum absolute atomic E-state index is 0.219. The summed E-state index contributed by atoms with van der Waals surface area (Å²) in [6.45, 7) is 3.22. The first-order chi connectivity index (χ1) is 14.7. The van der Waals surface area contributed by atoms with Crippen molar-refractivity contribution < 1.29 is 31.5 Å². The zero-order valence-corrected chi connectivity index (χ0v) is 18.6. The van der Waals surface area contributed by atoms with Crippen LogP contribution in [0.1, 0.15) is 48.6 Å². The first-order valence-electron chi connectivity index (χ1n) is 9.94. The van der Waals surface area contributed by atoms with E-state index in [1.165, 1.54) is 18.2 Å². The standard InChI is InChI=1S/C22H25F3N2O4S/c1-13(14-4-9-19(15(10-14)12-28)27-32(3,30)31)26-20(29)18-11-21(18,2)16-5-7-17(8-6-16)22(23,24)25/h4-10,13,18,27-28H,11-12H2,1-3H3,(H,26,29)/t13-,18-,21-/m1/s1. The number of rotatable bonds is 7. The Morgan fingerprint density at radius 3 is 2.38 bits per heavy atom. The van der Waals surface area contributed by atoms with Crippen molar-refractivity contribution in [2.24, 2.45) is 5.92 Å². The summed E-state index contributed by atoms with van der Waals surface area (Å²) in [7, 11) is -3.51. The molecule has 2 aromatic rings. The molecule has 3 rings (SSSR count). The van der Waals surface area contributed by atoms with Gasteiger partial charge in [0, 0.05) is 16.9 Å². The molecule has 1 amide bonds. The quantitative estimate of drug-likeness (QED) is 0.575. The highest BCUT2D eigenvalue weighted by atomic mass is 32.2. The molecule has 6 nitrogen and oxygen atoms in total. The normalized spacial score (nSPS) is 21.7. The Morgan fingerprint density at radius 2 is 1.84 bits per heavy atom. The van der Waals surface area contributed by atoms with Gasteiger partial charge in [-0.15, -0.1) is 0 Å². The van der Waals surface area contributed by atoms with E-state index in [1.54, 1.807) is 19.1 Å². The fourth-order valence-electron chi connectivity index (χ4n) is 3.82. The van der Waals surface area contributed by atoms with Gasteiger partial charge >= 0.3 is 6.18 Å². The number of carbonyl (C=O) groups is 1. The third-order valence-electron chi connectivity index (χ3n) is 5.88. The largest absolute Gasteiger partial charge is 0.416 e. The number of nitrogens with one attached hydrogen (secondary N) is 2. The Kier molecular flexibility index (Phi) is 6.32. The van der Waals surface area contributed by atoms with E-state index in [4.69, 9.17) is 0 Å². The number of sulfonamides is 1. The van der Waals surface area contributed by atoms with E-state index < -0.39 is 33.2 Å². The monoisotopic (exact) mass is 470 g/mol. The fraction of sp³-hybridized carbons (Fsp3) is 0.409. The van der Waals surface area contributed by atoms with E-state index in [0.29, 0.717) is 23.1 Å². The predicted octanol–water partition coefficient (Wildman–Crippen LogP) is 3.72. The second-order valence-corrected chi connectivity index (χ2v) is 10.2. The first-order valence-corrected chi connectivity index (χ1v) is 11.8. The van der Waals surface area contributed by atoms with Gasteiger partial charge in [0.2, 0.25) is 15.9 Å². The van der Waals surface area contributed by atoms with Crippen LogP contribution in [0.3, 0.4) is 0 Å². The van der Waals surface area contributed by atoms with Crippen molar-refractivity contribution in [3.05, 3.63) is 64.7 Å². The lowest BCUT2D eigenvalue weighted by Gasteiger charge is -2.19. The predicted molar refractivity (Wildman–Crippen MR) is 114 cm³/mol. The molecule has 1 aliphatic carbocycles. The Hall–Kier alpha value is -2.59. The van der Waals surface area contributed by atoms with Gasteiger partial charge in [-0.3, -0.25) is 9.52 Å². The zero-order chi connectivity index (χ0) is 23.9. The van der Waals surface area contributed by atoms with Gasteiger partial charge in [0.05, 0.1) is 30.2 Å². The summed E-state index contributed by atoms with van der Waals surface area (Å²) >= 11 is 0. The van der Waals surface area contributed by atoms with Crippen molar-refractivity contribution in [3.8, 4) is 0 Å². The Bertz CT molecular complexity index is 1120. The molecule has 2 aromatic carbocycles. The van der Waals surface area contributed by atoms with E-state index in [0.717, 1.165) is 18.4 Å². The number of hydrogen-bond donors (Lipinski definition) is 3. The van der Waals surface area contributed by atoms with E-state index in [1.807, 2.05) is 6.92 Å². The molecule has 1 saturated carbocycles. The van der Waals surface area contributed by atoms with Crippen LogP contribution in [-0.4, -0.2) is 25.7 Å². The van der Waals surface area contributed by atoms with Crippen molar-refractivity contribution in [1.29, 1.82) is 0 Å². The van der Waals surface area contributed by atoms with Crippen LogP contribution in [-0.2, 0) is 33.0 Å². The second-order valence-electron chi connectivity index (χ2n) is 8.43. The van der Waals surface area contributed by atoms with Crippen LogP contribution in [0.4, 0.5) is 18.9 Å². The second kappa shape index (κ2) is 8.40. The van der Waals surface area contributed by atoms with E-state index in [9.17, 15) is 31.5 Å². The van der Waals surface area contributed by atoms with Gasteiger partial charge in [-0.1, -0.05) is 25.1 Å². The maximum Gasteiger partial charge on any atom is 0.416 e. The molecule has 0 heterocycles. The van der Waals surface area contributed by atoms with E-state index in [-0.39, 0.29) is 24.1 Å². The van der Waals surface area contributed by atoms with Crippen molar-refractivity contribution in [2.75, 3.05) is 11.0 Å². The number of carbonyl (C=O) groups excluding carboxylic acids is 1. The number of anilines is 1. The number of alkyl halides is 3. The Morgan fingerprint density at radius 1 is 1.22 bits per heavy atom. The van der Waals surface area contributed by atoms with Gasteiger partial charge in [-0.25, -0.2) is 8.42 Å². The zero-order valence-electron chi connectivity index (χ0n) is 17.8. The molecule has 3 atom stereocenters. The number of aliphatic hydroxyl groups excluding tert-OH is 1. The smallest absolute Gasteiger partial charge is 0.392 e. The lowest BCUT2D eigenvalue weighted by atomic mass is 9.94. The average Bonchev–Trinajstić information content (AvgIpc) is 3.39. The average molecular weight is 471 g/mol. The molecule has 0 bridgehead atoms. The lowest BCUT2D eigenvalue weighted by molar-refractivity contribution is -0.137. The van der Waals surface area contributed by atoms with Gasteiger partial charge < -0.3 is 10.4 Å². The molecule has 0 aromatic heterocycles. The Labute approximate surface area is 184 Å². The molecule has 0 unspecified atom stereocenters. The summed E-state index contributed by atoms with van der Waals surface area (Å²) < 4.78 is 63.6. The molecule has 3 N–H and O–H groups in total. The van der Waals surface area contributed by atoms with Crippen LogP contribution >= 0.6 is 0 Å². The molecule has 0 saturated heterocycles. The summed E-state index contributed by atoms with van der Waals surface area (Å²) in [6.07, 6.45) is -2.88. The van der Waals surface area contributed by atoms with Gasteiger partial charge in [0.1, 0.15) is 0 Å². The summed E-state index contributed by atoms with van der Waals surface area (Å²) in [6, 6.07) is 9.25. The maximum absolute atomic E-state index is 12.8. The Balaban J connectivity index is 1.69. The van der Waals surface area contributed by atoms with Crippen molar-refractivity contribution in [3.63, 3.8) is 0 Å². The summed E-state index contributed by atoms with van der Waals surface area (Å²) in [5.41, 5.74) is 0.724. The van der Waals surface area contributed by atoms with Crippen LogP contribution in [0.2, 0.25) is 0 Å². The fourth-order valence-corrected chi connectivity index (χ4v) is 4.42. The minimum atomic E-state index is -4.41. The highest BCUT2D eigenvalue weighted by molar-refractivity contribution is 7.92. The lowest BCUT2D eigenvalue weighted by Crippen LogP contribution is -2.30. The number of aliphatic hydroxyl groups is 1. The SMILES string of the molecule is C[C@@H](NC(=O)[C@H]1C[C@]1(C)c1ccc(C(F)(F)F)cc1)c1ccc(NS(C)(=O)=O)c(CO)c1.